The number of nitrogens with one attached hydrogen (secondary N) is 3. The predicted octanol–water partition coefficient (Wildman–Crippen LogP) is 9.29. The fourth-order valence-electron chi connectivity index (χ4n) is 16.4. The quantitative estimate of drug-likeness (QED) is 0.0597. The first-order chi connectivity index (χ1) is 58.4. The van der Waals surface area contributed by atoms with E-state index in [2.05, 4.69) is 62.3 Å². The molecule has 4 aliphatic carbocycles. The van der Waals surface area contributed by atoms with Crippen LogP contribution in [-0.4, -0.2) is 164 Å². The Balaban J connectivity index is 0.000000115. The highest BCUT2D eigenvalue weighted by Crippen LogP contribution is 2.57. The van der Waals surface area contributed by atoms with Gasteiger partial charge in [0.25, 0.3) is 35.4 Å². The highest BCUT2D eigenvalue weighted by molar-refractivity contribution is 6.05. The lowest BCUT2D eigenvalue weighted by Crippen LogP contribution is -2.48. The van der Waals surface area contributed by atoms with E-state index in [1.165, 1.54) is 57.6 Å². The first-order valence-electron chi connectivity index (χ1n) is 39.3. The Morgan fingerprint density at radius 2 is 0.595 bits per heavy atom. The van der Waals surface area contributed by atoms with Crippen molar-refractivity contribution in [2.24, 2.45) is 29.4 Å². The summed E-state index contributed by atoms with van der Waals surface area (Å²) >= 11 is 0. The monoisotopic (exact) mass is 1640 g/mol. The third kappa shape index (κ3) is 17.1. The van der Waals surface area contributed by atoms with Crippen molar-refractivity contribution >= 4 is 70.6 Å². The number of halogens is 4. The van der Waals surface area contributed by atoms with Gasteiger partial charge in [-0.25, -0.2) is 42.3 Å². The number of aromatic carboxylic acids is 1. The lowest BCUT2D eigenvalue weighted by molar-refractivity contribution is -0.121. The van der Waals surface area contributed by atoms with E-state index in [-0.39, 0.29) is 82.3 Å². The molecular formula is C88H82F4N20O9. The predicted molar refractivity (Wildman–Crippen MR) is 434 cm³/mol. The summed E-state index contributed by atoms with van der Waals surface area (Å²) in [5.41, 5.74) is 12.4. The van der Waals surface area contributed by atoms with Gasteiger partial charge in [-0.2, -0.15) is 20.4 Å². The molecule has 12 aromatic rings. The van der Waals surface area contributed by atoms with Crippen LogP contribution >= 0.6 is 0 Å². The molecule has 4 aromatic carbocycles. The lowest BCUT2D eigenvalue weighted by Gasteiger charge is -2.22. The van der Waals surface area contributed by atoms with E-state index >= 15 is 0 Å². The van der Waals surface area contributed by atoms with Gasteiger partial charge in [-0.3, -0.25) is 71.9 Å². The smallest absolute Gasteiger partial charge is 0.359 e. The van der Waals surface area contributed by atoms with Gasteiger partial charge in [-0.15, -0.1) is 0 Å². The van der Waals surface area contributed by atoms with Crippen molar-refractivity contribution in [3.05, 3.63) is 310 Å². The number of rotatable bonds is 15. The van der Waals surface area contributed by atoms with E-state index in [9.17, 15) is 55.9 Å². The minimum atomic E-state index is -1.36. The minimum absolute atomic E-state index is 0.0139. The number of fused-ring (bicyclic) bond motifs is 12. The number of carbonyl (C=O) groups is 8. The number of hydrogen-bond donors (Lipinski definition) is 5. The molecule has 0 saturated heterocycles. The molecule has 20 rings (SSSR count). The Hall–Kier alpha value is -14.2. The van der Waals surface area contributed by atoms with E-state index in [0.29, 0.717) is 55.5 Å². The molecule has 121 heavy (non-hydrogen) atoms. The molecule has 0 spiro atoms. The molecule has 29 nitrogen and oxygen atoms in total. The number of carbonyl (C=O) groups excluding carboxylic acids is 7. The average Bonchev–Trinajstić information content (AvgIpc) is 1.59. The van der Waals surface area contributed by atoms with Crippen molar-refractivity contribution in [2.45, 2.75) is 99.7 Å². The largest absolute Gasteiger partial charge is 0.476 e. The summed E-state index contributed by atoms with van der Waals surface area (Å²) in [7, 11) is 6.69. The SMILES string of the molecule is CN1C(=O)[C@@H](N)C2C[C@H]2c2cccnc21.CN1C(=O)[C@@H](NC(=O)c2nn(Cc3ccccc3)cc2F)C2C[C@H]2c2cccnc21.CN1C(=O)[C@@H](NC(=O)c2nn(Cc3ccccc3)cc2F)C2C[C@H]2c2cccnc21.CN1C(=O)[C@H](NC(=O)c2nn(Cc3ccccc3)cc2F)[C@@H]2C[C@@H]2c2cccnc21.O=C(O)c1nn(Cc2ccccc2)cc1F. The fraction of sp³-hybridized carbons (Fsp3) is 0.273. The molecule has 7 amide bonds. The zero-order valence-corrected chi connectivity index (χ0v) is 65.8. The van der Waals surface area contributed by atoms with Gasteiger partial charge in [0.1, 0.15) is 41.4 Å². The number of carboxylic acid groups (broad SMARTS) is 1. The normalized spacial score (nSPS) is 21.9. The number of pyridine rings is 4. The number of amides is 7. The van der Waals surface area contributed by atoms with Crippen molar-refractivity contribution in [3.8, 4) is 0 Å². The Labute approximate surface area is 690 Å². The van der Waals surface area contributed by atoms with Crippen molar-refractivity contribution in [2.75, 3.05) is 47.8 Å². The number of likely N-dealkylation sites (N-methyl/N-ethyl adjacent to an activating group) is 4. The van der Waals surface area contributed by atoms with Gasteiger partial charge in [-0.1, -0.05) is 146 Å². The van der Waals surface area contributed by atoms with E-state index in [0.717, 1.165) is 76.6 Å². The molecule has 3 unspecified atom stereocenters. The number of nitrogens with zero attached hydrogens (tertiary/aromatic N) is 16. The summed E-state index contributed by atoms with van der Waals surface area (Å²) in [5, 5.41) is 32.8. The molecule has 12 heterocycles. The van der Waals surface area contributed by atoms with Gasteiger partial charge in [0.15, 0.2) is 40.4 Å². The summed E-state index contributed by atoms with van der Waals surface area (Å²) < 4.78 is 61.9. The standard InChI is InChI=1S/3C22H20FN5O2.C11H9FN2O2.C11H13N3O/c3*1-27-20-14(8-5-9-24-20)15-10-16(15)18(22(27)30)25-21(29)19-17(23)12-28(26-19)11-13-6-3-2-4-7-13;12-9-7-14(13-10(9)11(15)16)6-8-4-2-1-3-5-8;1-14-10-6(3-2-4-13-10)7-5-8(7)9(12)11(14)15/h3*2-9,12,15-16,18H,10-11H2,1H3,(H,25,29);1-5,7H,6H2,(H,15,16);2-4,7-9H,5,12H2,1H3/t2*15-,16?,18-;15-,16-,18-;;7-,8?,9-/m001.0/s1. The molecule has 4 fully saturated rings. The molecule has 8 aromatic heterocycles. The Morgan fingerprint density at radius 3 is 0.860 bits per heavy atom. The number of nitrogens with two attached hydrogens (primary N) is 1. The molecular weight excluding hydrogens is 1560 g/mol. The number of carboxylic acids is 1. The maximum Gasteiger partial charge on any atom is 0.359 e. The number of benzene rings is 4. The highest BCUT2D eigenvalue weighted by atomic mass is 19.1. The third-order valence-electron chi connectivity index (χ3n) is 23.0. The average molecular weight is 1640 g/mol. The van der Waals surface area contributed by atoms with Crippen LogP contribution in [0.1, 0.15) is 136 Å². The van der Waals surface area contributed by atoms with Crippen molar-refractivity contribution in [1.82, 2.24) is 75.0 Å². The molecule has 0 bridgehead atoms. The summed E-state index contributed by atoms with van der Waals surface area (Å²) in [4.78, 5) is 123. The summed E-state index contributed by atoms with van der Waals surface area (Å²) in [6.07, 6.45) is 14.7. The number of hydrogen-bond acceptors (Lipinski definition) is 17. The molecule has 0 radical (unpaired) electrons. The van der Waals surface area contributed by atoms with Crippen LogP contribution in [0.2, 0.25) is 0 Å². The summed E-state index contributed by atoms with van der Waals surface area (Å²) in [5.74, 6) is -3.33. The van der Waals surface area contributed by atoms with Crippen molar-refractivity contribution < 1.29 is 61.0 Å². The fourth-order valence-corrected chi connectivity index (χ4v) is 16.4. The van der Waals surface area contributed by atoms with Gasteiger partial charge in [0.05, 0.1) is 57.0 Å². The van der Waals surface area contributed by atoms with E-state index in [1.54, 1.807) is 57.9 Å². The van der Waals surface area contributed by atoms with Crippen LogP contribution in [0.4, 0.5) is 40.8 Å². The first kappa shape index (κ1) is 80.5. The molecule has 616 valence electrons. The van der Waals surface area contributed by atoms with Crippen molar-refractivity contribution in [3.63, 3.8) is 0 Å². The van der Waals surface area contributed by atoms with Gasteiger partial charge < -0.3 is 26.8 Å². The van der Waals surface area contributed by atoms with Crippen LogP contribution < -0.4 is 41.3 Å². The zero-order valence-electron chi connectivity index (χ0n) is 65.8. The van der Waals surface area contributed by atoms with Crippen LogP contribution in [0.5, 0.6) is 0 Å². The summed E-state index contributed by atoms with van der Waals surface area (Å²) in [6.45, 7) is 1.40. The second-order valence-corrected chi connectivity index (χ2v) is 31.0. The van der Waals surface area contributed by atoms with Crippen molar-refractivity contribution in [1.29, 1.82) is 0 Å². The zero-order chi connectivity index (χ0) is 84.6. The van der Waals surface area contributed by atoms with Gasteiger partial charge in [0, 0.05) is 53.0 Å². The Morgan fingerprint density at radius 1 is 0.355 bits per heavy atom. The van der Waals surface area contributed by atoms with Crippen LogP contribution in [0.25, 0.3) is 0 Å². The first-order valence-corrected chi connectivity index (χ1v) is 39.3. The highest BCUT2D eigenvalue weighted by Gasteiger charge is 2.56. The maximum atomic E-state index is 14.4. The van der Waals surface area contributed by atoms with Gasteiger partial charge in [0.2, 0.25) is 11.6 Å². The molecule has 4 aliphatic heterocycles. The van der Waals surface area contributed by atoms with Gasteiger partial charge >= 0.3 is 5.97 Å². The van der Waals surface area contributed by atoms with Gasteiger partial charge in [-0.05, 0) is 142 Å². The number of anilines is 4. The van der Waals surface area contributed by atoms with Crippen LogP contribution in [0, 0.1) is 46.9 Å². The second kappa shape index (κ2) is 34.0. The third-order valence-corrected chi connectivity index (χ3v) is 23.0. The molecule has 6 N–H and O–H groups in total. The van der Waals surface area contributed by atoms with E-state index in [1.807, 2.05) is 164 Å². The Kier molecular flexibility index (Phi) is 22.6. The molecule has 12 atom stereocenters. The number of aromatic nitrogens is 12. The molecule has 8 aliphatic rings. The van der Waals surface area contributed by atoms with Crippen LogP contribution in [0.3, 0.4) is 0 Å². The molecule has 33 heteroatoms. The lowest BCUT2D eigenvalue weighted by atomic mass is 10.1. The van der Waals surface area contributed by atoms with E-state index in [4.69, 9.17) is 10.8 Å². The van der Waals surface area contributed by atoms with E-state index < -0.39 is 70.8 Å². The second-order valence-electron chi connectivity index (χ2n) is 31.0. The van der Waals surface area contributed by atoms with Crippen LogP contribution in [-0.2, 0) is 45.4 Å². The maximum absolute atomic E-state index is 14.4. The van der Waals surface area contributed by atoms with Crippen LogP contribution in [0.15, 0.2) is 219 Å². The summed E-state index contributed by atoms with van der Waals surface area (Å²) in [6, 6.07) is 50.5. The minimum Gasteiger partial charge on any atom is -0.476 e. The topological polar surface area (TPSA) is 355 Å². The Bertz CT molecular complexity index is 5510. The molecule has 4 saturated carbocycles.